The number of carbonyl (C=O) groups excluding carboxylic acids is 3. The Morgan fingerprint density at radius 1 is 0.931 bits per heavy atom. The molecule has 0 spiro atoms. The molecule has 0 aliphatic heterocycles. The van der Waals surface area contributed by atoms with Crippen molar-refractivity contribution in [3.8, 4) is 0 Å². The summed E-state index contributed by atoms with van der Waals surface area (Å²) in [5.74, 6) is -0.979. The van der Waals surface area contributed by atoms with Crippen molar-refractivity contribution in [3.63, 3.8) is 0 Å². The molecule has 0 radical (unpaired) electrons. The Bertz CT molecular complexity index is 947. The number of amides is 3. The third kappa shape index (κ3) is 6.25. The zero-order valence-electron chi connectivity index (χ0n) is 15.5. The van der Waals surface area contributed by atoms with Gasteiger partial charge in [-0.15, -0.1) is 11.3 Å². The first-order valence-corrected chi connectivity index (χ1v) is 9.86. The van der Waals surface area contributed by atoms with E-state index in [9.17, 15) is 14.4 Å². The normalized spacial score (nSPS) is 11.3. The number of carbonyl (C=O) groups is 3. The molecule has 0 fully saturated rings. The molecule has 7 nitrogen and oxygen atoms in total. The predicted octanol–water partition coefficient (Wildman–Crippen LogP) is 2.76. The molecule has 0 saturated heterocycles. The molecule has 3 amide bonds. The SMILES string of the molecule is O=C(CC(NC(=O)c1ccccc1)c1ccccc1)NCC(=O)Nc1nccs1. The third-order valence-corrected chi connectivity index (χ3v) is 4.75. The van der Waals surface area contributed by atoms with Crippen molar-refractivity contribution in [2.45, 2.75) is 12.5 Å². The molecule has 8 heteroatoms. The highest BCUT2D eigenvalue weighted by Gasteiger charge is 2.19. The molecule has 1 atom stereocenters. The highest BCUT2D eigenvalue weighted by Crippen LogP contribution is 2.17. The summed E-state index contributed by atoms with van der Waals surface area (Å²) in [5.41, 5.74) is 1.32. The summed E-state index contributed by atoms with van der Waals surface area (Å²) in [4.78, 5) is 40.8. The van der Waals surface area contributed by atoms with Gasteiger partial charge >= 0.3 is 0 Å². The summed E-state index contributed by atoms with van der Waals surface area (Å²) < 4.78 is 0. The maximum absolute atomic E-state index is 12.5. The first kappa shape index (κ1) is 20.2. The van der Waals surface area contributed by atoms with Gasteiger partial charge in [0.2, 0.25) is 11.8 Å². The van der Waals surface area contributed by atoms with Crippen LogP contribution in [0.5, 0.6) is 0 Å². The van der Waals surface area contributed by atoms with Gasteiger partial charge in [0.1, 0.15) is 0 Å². The minimum atomic E-state index is -0.522. The second-order valence-corrected chi connectivity index (χ2v) is 7.06. The quantitative estimate of drug-likeness (QED) is 0.534. The summed E-state index contributed by atoms with van der Waals surface area (Å²) >= 11 is 1.29. The van der Waals surface area contributed by atoms with Gasteiger partial charge in [0.05, 0.1) is 19.0 Å². The Kier molecular flexibility index (Phi) is 7.07. The number of nitrogens with zero attached hydrogens (tertiary/aromatic N) is 1. The minimum Gasteiger partial charge on any atom is -0.347 e. The molecule has 148 valence electrons. The molecule has 1 heterocycles. The Morgan fingerprint density at radius 2 is 1.62 bits per heavy atom. The summed E-state index contributed by atoms with van der Waals surface area (Å²) in [6, 6.07) is 17.5. The molecule has 0 saturated carbocycles. The Labute approximate surface area is 172 Å². The van der Waals surface area contributed by atoms with Gasteiger partial charge < -0.3 is 16.0 Å². The van der Waals surface area contributed by atoms with E-state index in [-0.39, 0.29) is 30.7 Å². The van der Waals surface area contributed by atoms with Gasteiger partial charge in [0, 0.05) is 17.1 Å². The van der Waals surface area contributed by atoms with Crippen LogP contribution in [-0.2, 0) is 9.59 Å². The zero-order valence-corrected chi connectivity index (χ0v) is 16.3. The van der Waals surface area contributed by atoms with E-state index in [1.54, 1.807) is 35.8 Å². The molecule has 3 rings (SSSR count). The summed E-state index contributed by atoms with van der Waals surface area (Å²) in [6.45, 7) is -0.174. The van der Waals surface area contributed by atoms with Crippen molar-refractivity contribution in [1.29, 1.82) is 0 Å². The van der Waals surface area contributed by atoms with Crippen LogP contribution >= 0.6 is 11.3 Å². The summed E-state index contributed by atoms with van der Waals surface area (Å²) in [5, 5.41) is 10.3. The number of rotatable bonds is 8. The average Bonchev–Trinajstić information content (AvgIpc) is 3.26. The van der Waals surface area contributed by atoms with Crippen LogP contribution in [0.1, 0.15) is 28.4 Å². The van der Waals surface area contributed by atoms with E-state index in [1.807, 2.05) is 36.4 Å². The predicted molar refractivity (Wildman–Crippen MR) is 111 cm³/mol. The van der Waals surface area contributed by atoms with Gasteiger partial charge in [-0.1, -0.05) is 48.5 Å². The van der Waals surface area contributed by atoms with Gasteiger partial charge in [-0.3, -0.25) is 14.4 Å². The molecule has 1 aromatic heterocycles. The van der Waals surface area contributed by atoms with Crippen LogP contribution in [0.4, 0.5) is 5.13 Å². The van der Waals surface area contributed by atoms with Crippen molar-refractivity contribution in [2.24, 2.45) is 0 Å². The number of benzene rings is 2. The number of aromatic nitrogens is 1. The van der Waals surface area contributed by atoms with Gasteiger partial charge in [-0.2, -0.15) is 0 Å². The van der Waals surface area contributed by atoms with Crippen molar-refractivity contribution in [1.82, 2.24) is 15.6 Å². The molecule has 0 aliphatic rings. The van der Waals surface area contributed by atoms with E-state index in [2.05, 4.69) is 20.9 Å². The Balaban J connectivity index is 1.59. The second kappa shape index (κ2) is 10.1. The van der Waals surface area contributed by atoms with E-state index in [1.165, 1.54) is 11.3 Å². The maximum atomic E-state index is 12.5. The Hall–Kier alpha value is -3.52. The van der Waals surface area contributed by atoms with Crippen molar-refractivity contribution >= 4 is 34.2 Å². The molecule has 0 aliphatic carbocycles. The first-order valence-electron chi connectivity index (χ1n) is 8.98. The summed E-state index contributed by atoms with van der Waals surface area (Å²) in [6.07, 6.45) is 1.59. The zero-order chi connectivity index (χ0) is 20.5. The van der Waals surface area contributed by atoms with Crippen LogP contribution in [0.3, 0.4) is 0 Å². The highest BCUT2D eigenvalue weighted by molar-refractivity contribution is 7.13. The van der Waals surface area contributed by atoms with Crippen molar-refractivity contribution in [2.75, 3.05) is 11.9 Å². The molecule has 29 heavy (non-hydrogen) atoms. The molecular weight excluding hydrogens is 388 g/mol. The van der Waals surface area contributed by atoms with E-state index < -0.39 is 6.04 Å². The number of hydrogen-bond acceptors (Lipinski definition) is 5. The maximum Gasteiger partial charge on any atom is 0.251 e. The van der Waals surface area contributed by atoms with Crippen LogP contribution < -0.4 is 16.0 Å². The van der Waals surface area contributed by atoms with Crippen LogP contribution in [0.15, 0.2) is 72.2 Å². The van der Waals surface area contributed by atoms with Gasteiger partial charge in [-0.05, 0) is 17.7 Å². The minimum absolute atomic E-state index is 0.00706. The first-order chi connectivity index (χ1) is 14.1. The lowest BCUT2D eigenvalue weighted by Crippen LogP contribution is -2.37. The lowest BCUT2D eigenvalue weighted by molar-refractivity contribution is -0.124. The number of nitrogens with one attached hydrogen (secondary N) is 3. The average molecular weight is 408 g/mol. The van der Waals surface area contributed by atoms with Crippen molar-refractivity contribution < 1.29 is 14.4 Å². The van der Waals surface area contributed by atoms with E-state index in [4.69, 9.17) is 0 Å². The van der Waals surface area contributed by atoms with Crippen LogP contribution in [0, 0.1) is 0 Å². The number of anilines is 1. The van der Waals surface area contributed by atoms with Crippen LogP contribution in [-0.4, -0.2) is 29.3 Å². The van der Waals surface area contributed by atoms with Crippen molar-refractivity contribution in [3.05, 3.63) is 83.4 Å². The van der Waals surface area contributed by atoms with Gasteiger partial charge in [0.15, 0.2) is 5.13 Å². The van der Waals surface area contributed by atoms with Gasteiger partial charge in [0.25, 0.3) is 5.91 Å². The smallest absolute Gasteiger partial charge is 0.251 e. The third-order valence-electron chi connectivity index (χ3n) is 4.06. The molecule has 2 aromatic carbocycles. The molecule has 1 unspecified atom stereocenters. The monoisotopic (exact) mass is 408 g/mol. The number of thiazole rings is 1. The second-order valence-electron chi connectivity index (χ2n) is 6.17. The van der Waals surface area contributed by atoms with E-state index >= 15 is 0 Å². The highest BCUT2D eigenvalue weighted by atomic mass is 32.1. The Morgan fingerprint density at radius 3 is 2.28 bits per heavy atom. The van der Waals surface area contributed by atoms with Gasteiger partial charge in [-0.25, -0.2) is 4.98 Å². The van der Waals surface area contributed by atoms with E-state index in [0.29, 0.717) is 10.7 Å². The fourth-order valence-electron chi connectivity index (χ4n) is 2.65. The molecular formula is C21H20N4O3S. The fraction of sp³-hybridized carbons (Fsp3) is 0.143. The lowest BCUT2D eigenvalue weighted by atomic mass is 10.0. The van der Waals surface area contributed by atoms with Crippen LogP contribution in [0.2, 0.25) is 0 Å². The molecule has 3 aromatic rings. The fourth-order valence-corrected chi connectivity index (χ4v) is 3.20. The van der Waals surface area contributed by atoms with E-state index in [0.717, 1.165) is 5.56 Å². The lowest BCUT2D eigenvalue weighted by Gasteiger charge is -2.19. The summed E-state index contributed by atoms with van der Waals surface area (Å²) in [7, 11) is 0. The molecule has 0 bridgehead atoms. The standard InChI is InChI=1S/C21H20N4O3S/c26-18(23-14-19(27)25-21-22-11-12-29-21)13-17(15-7-3-1-4-8-15)24-20(28)16-9-5-2-6-10-16/h1-12,17H,13-14H2,(H,23,26)(H,24,28)(H,22,25,27). The largest absolute Gasteiger partial charge is 0.347 e. The topological polar surface area (TPSA) is 100 Å². The molecule has 3 N–H and O–H groups in total. The number of hydrogen-bond donors (Lipinski definition) is 3. The van der Waals surface area contributed by atoms with Crippen LogP contribution in [0.25, 0.3) is 0 Å².